The molecule has 1 atom stereocenters. The van der Waals surface area contributed by atoms with E-state index in [4.69, 9.17) is 11.6 Å². The van der Waals surface area contributed by atoms with Crippen LogP contribution in [0.15, 0.2) is 71.6 Å². The van der Waals surface area contributed by atoms with E-state index in [1.54, 1.807) is 36.4 Å². The van der Waals surface area contributed by atoms with Crippen LogP contribution >= 0.6 is 11.6 Å². The van der Waals surface area contributed by atoms with Gasteiger partial charge in [-0.3, -0.25) is 13.8 Å². The molecule has 3 aromatic carbocycles. The summed E-state index contributed by atoms with van der Waals surface area (Å²) in [4.78, 5) is 12.9. The molecule has 0 radical (unpaired) electrons. The van der Waals surface area contributed by atoms with Crippen molar-refractivity contribution in [3.05, 3.63) is 82.9 Å². The first-order chi connectivity index (χ1) is 16.3. The number of benzene rings is 3. The van der Waals surface area contributed by atoms with Gasteiger partial charge in [-0.1, -0.05) is 17.7 Å². The number of halogens is 1. The van der Waals surface area contributed by atoms with E-state index in [0.717, 1.165) is 21.7 Å². The molecule has 0 unspecified atom stereocenters. The van der Waals surface area contributed by atoms with Crippen molar-refractivity contribution in [1.82, 2.24) is 0 Å². The Hall–Kier alpha value is -3.08. The molecular weight excluding hydrogens is 510 g/mol. The Morgan fingerprint density at radius 3 is 1.89 bits per heavy atom. The van der Waals surface area contributed by atoms with E-state index in [-0.39, 0.29) is 4.90 Å². The van der Waals surface area contributed by atoms with Gasteiger partial charge in [-0.25, -0.2) is 16.8 Å². The lowest BCUT2D eigenvalue weighted by Crippen LogP contribution is -2.45. The van der Waals surface area contributed by atoms with Crippen LogP contribution < -0.4 is 14.3 Å². The van der Waals surface area contributed by atoms with E-state index in [9.17, 15) is 21.6 Å². The maximum Gasteiger partial charge on any atom is 0.261 e. The van der Waals surface area contributed by atoms with Crippen LogP contribution in [0.5, 0.6) is 0 Å². The van der Waals surface area contributed by atoms with Crippen LogP contribution in [0, 0.1) is 13.8 Å². The van der Waals surface area contributed by atoms with Crippen molar-refractivity contribution in [2.45, 2.75) is 31.7 Å². The zero-order chi connectivity index (χ0) is 26.0. The zero-order valence-corrected chi connectivity index (χ0v) is 22.0. The van der Waals surface area contributed by atoms with Gasteiger partial charge in [0.15, 0.2) is 0 Å². The largest absolute Gasteiger partial charge is 0.324 e. The SMILES string of the molecule is Cc1cc(C)cc(N([C@H](C)C(=O)Nc2ccc(S(=O)(=O)Nc3ccc(Cl)cc3)cc2)S(C)(=O)=O)c1. The van der Waals surface area contributed by atoms with Crippen LogP contribution in [-0.2, 0) is 24.8 Å². The summed E-state index contributed by atoms with van der Waals surface area (Å²) in [6, 6.07) is 16.0. The molecule has 186 valence electrons. The second kappa shape index (κ2) is 10.3. The zero-order valence-electron chi connectivity index (χ0n) is 19.6. The fourth-order valence-electron chi connectivity index (χ4n) is 3.58. The summed E-state index contributed by atoms with van der Waals surface area (Å²) in [5, 5.41) is 3.13. The Bertz CT molecular complexity index is 1420. The number of anilines is 3. The molecular formula is C24H26ClN3O5S2. The molecule has 3 rings (SSSR count). The van der Waals surface area contributed by atoms with Gasteiger partial charge in [0, 0.05) is 16.4 Å². The molecule has 0 aliphatic heterocycles. The number of amides is 1. The minimum atomic E-state index is -3.86. The lowest BCUT2D eigenvalue weighted by molar-refractivity contribution is -0.116. The van der Waals surface area contributed by atoms with Crippen molar-refractivity contribution in [2.24, 2.45) is 0 Å². The van der Waals surface area contributed by atoms with Crippen LogP contribution in [0.2, 0.25) is 5.02 Å². The quantitative estimate of drug-likeness (QED) is 0.439. The highest BCUT2D eigenvalue weighted by Gasteiger charge is 2.29. The van der Waals surface area contributed by atoms with Gasteiger partial charge in [0.05, 0.1) is 16.8 Å². The predicted molar refractivity (Wildman–Crippen MR) is 140 cm³/mol. The summed E-state index contributed by atoms with van der Waals surface area (Å²) >= 11 is 5.83. The van der Waals surface area contributed by atoms with Crippen LogP contribution in [-0.4, -0.2) is 35.0 Å². The van der Waals surface area contributed by atoms with Gasteiger partial charge in [-0.05, 0) is 92.6 Å². The molecule has 35 heavy (non-hydrogen) atoms. The molecule has 0 spiro atoms. The fraction of sp³-hybridized carbons (Fsp3) is 0.208. The number of hydrogen-bond acceptors (Lipinski definition) is 5. The number of carbonyl (C=O) groups is 1. The summed E-state index contributed by atoms with van der Waals surface area (Å²) in [5.41, 5.74) is 2.80. The average Bonchev–Trinajstić information content (AvgIpc) is 2.74. The van der Waals surface area contributed by atoms with Crippen LogP contribution in [0.25, 0.3) is 0 Å². The molecule has 2 N–H and O–H groups in total. The monoisotopic (exact) mass is 535 g/mol. The van der Waals surface area contributed by atoms with Gasteiger partial charge in [0.2, 0.25) is 15.9 Å². The van der Waals surface area contributed by atoms with Crippen LogP contribution in [0.4, 0.5) is 17.1 Å². The topological polar surface area (TPSA) is 113 Å². The standard InChI is InChI=1S/C24H26ClN3O5S2/c1-16-13-17(2)15-22(14-16)28(34(4,30)31)18(3)24(29)26-20-9-11-23(12-10-20)35(32,33)27-21-7-5-19(25)6-8-21/h5-15,18,27H,1-4H3,(H,26,29)/t18-/m1/s1. The van der Waals surface area contributed by atoms with E-state index in [1.165, 1.54) is 31.2 Å². The summed E-state index contributed by atoms with van der Waals surface area (Å²) in [5.74, 6) is -0.565. The molecule has 11 heteroatoms. The lowest BCUT2D eigenvalue weighted by Gasteiger charge is -2.28. The minimum Gasteiger partial charge on any atom is -0.324 e. The Kier molecular flexibility index (Phi) is 7.78. The number of aryl methyl sites for hydroxylation is 2. The molecule has 0 aliphatic carbocycles. The van der Waals surface area contributed by atoms with E-state index < -0.39 is 32.0 Å². The lowest BCUT2D eigenvalue weighted by atomic mass is 10.1. The van der Waals surface area contributed by atoms with Crippen molar-refractivity contribution in [1.29, 1.82) is 0 Å². The number of rotatable bonds is 8. The second-order valence-electron chi connectivity index (χ2n) is 8.21. The highest BCUT2D eigenvalue weighted by molar-refractivity contribution is 7.92. The van der Waals surface area contributed by atoms with Gasteiger partial charge in [0.25, 0.3) is 10.0 Å². The normalized spacial score (nSPS) is 12.6. The first-order valence-electron chi connectivity index (χ1n) is 10.5. The van der Waals surface area contributed by atoms with Crippen molar-refractivity contribution in [2.75, 3.05) is 20.6 Å². The molecule has 8 nitrogen and oxygen atoms in total. The summed E-state index contributed by atoms with van der Waals surface area (Å²) < 4.78 is 53.9. The second-order valence-corrected chi connectivity index (χ2v) is 12.2. The number of nitrogens with zero attached hydrogens (tertiary/aromatic N) is 1. The minimum absolute atomic E-state index is 0.00787. The van der Waals surface area contributed by atoms with Crippen LogP contribution in [0.1, 0.15) is 18.1 Å². The number of sulfonamides is 2. The number of hydrogen-bond donors (Lipinski definition) is 2. The molecule has 0 aliphatic rings. The van der Waals surface area contributed by atoms with Gasteiger partial charge in [0.1, 0.15) is 6.04 Å². The number of nitrogens with one attached hydrogen (secondary N) is 2. The maximum absolute atomic E-state index is 12.9. The maximum atomic E-state index is 12.9. The third-order valence-corrected chi connectivity index (χ3v) is 7.97. The molecule has 0 fully saturated rings. The van der Waals surface area contributed by atoms with Gasteiger partial charge in [-0.15, -0.1) is 0 Å². The molecule has 0 heterocycles. The summed E-state index contributed by atoms with van der Waals surface area (Å²) in [6.07, 6.45) is 1.04. The Balaban J connectivity index is 1.78. The van der Waals surface area contributed by atoms with Crippen molar-refractivity contribution >= 4 is 54.6 Å². The van der Waals surface area contributed by atoms with E-state index in [0.29, 0.717) is 22.1 Å². The molecule has 0 saturated heterocycles. The third-order valence-electron chi connectivity index (χ3n) is 5.08. The van der Waals surface area contributed by atoms with E-state index >= 15 is 0 Å². The third kappa shape index (κ3) is 6.74. The molecule has 0 bridgehead atoms. The average molecular weight is 536 g/mol. The van der Waals surface area contributed by atoms with Crippen LogP contribution in [0.3, 0.4) is 0 Å². The van der Waals surface area contributed by atoms with Crippen molar-refractivity contribution in [3.8, 4) is 0 Å². The van der Waals surface area contributed by atoms with Crippen molar-refractivity contribution < 1.29 is 21.6 Å². The van der Waals surface area contributed by atoms with Gasteiger partial charge < -0.3 is 5.32 Å². The van der Waals surface area contributed by atoms with Gasteiger partial charge in [-0.2, -0.15) is 0 Å². The Morgan fingerprint density at radius 1 is 0.857 bits per heavy atom. The van der Waals surface area contributed by atoms with Crippen molar-refractivity contribution in [3.63, 3.8) is 0 Å². The first-order valence-corrected chi connectivity index (χ1v) is 14.2. The molecule has 0 aromatic heterocycles. The smallest absolute Gasteiger partial charge is 0.261 e. The molecule has 1 amide bonds. The van der Waals surface area contributed by atoms with E-state index in [1.807, 2.05) is 19.9 Å². The number of carbonyl (C=O) groups excluding carboxylic acids is 1. The Morgan fingerprint density at radius 2 is 1.37 bits per heavy atom. The predicted octanol–water partition coefficient (Wildman–Crippen LogP) is 4.55. The highest BCUT2D eigenvalue weighted by atomic mass is 35.5. The summed E-state index contributed by atoms with van der Waals surface area (Å²) in [7, 11) is -7.63. The van der Waals surface area contributed by atoms with Gasteiger partial charge >= 0.3 is 0 Å². The Labute approximate surface area is 211 Å². The molecule has 3 aromatic rings. The molecule has 0 saturated carbocycles. The summed E-state index contributed by atoms with van der Waals surface area (Å²) in [6.45, 7) is 5.18. The fourth-order valence-corrected chi connectivity index (χ4v) is 5.93. The van der Waals surface area contributed by atoms with E-state index in [2.05, 4.69) is 10.0 Å². The first kappa shape index (κ1) is 26.5. The highest BCUT2D eigenvalue weighted by Crippen LogP contribution is 2.25.